The Kier molecular flexibility index (Phi) is 4.02. The van der Waals surface area contributed by atoms with E-state index in [0.29, 0.717) is 6.04 Å². The Balaban J connectivity index is 2.04. The monoisotopic (exact) mass is 233 g/mol. The van der Waals surface area contributed by atoms with Crippen molar-refractivity contribution in [2.75, 3.05) is 37.6 Å². The number of piperazine rings is 1. The minimum Gasteiger partial charge on any atom is -0.368 e. The van der Waals surface area contributed by atoms with Gasteiger partial charge in [0.25, 0.3) is 0 Å². The lowest BCUT2D eigenvalue weighted by Gasteiger charge is -2.41. The first-order valence-electron chi connectivity index (χ1n) is 6.47. The highest BCUT2D eigenvalue weighted by molar-refractivity contribution is 5.53. The zero-order valence-corrected chi connectivity index (χ0v) is 10.9. The van der Waals surface area contributed by atoms with Crippen LogP contribution in [-0.4, -0.2) is 43.7 Å². The molecule has 3 heteroatoms. The molecule has 1 aromatic carbocycles. The van der Waals surface area contributed by atoms with Crippen LogP contribution in [0, 0.1) is 6.92 Å². The summed E-state index contributed by atoms with van der Waals surface area (Å²) < 4.78 is 0. The Morgan fingerprint density at radius 3 is 2.71 bits per heavy atom. The third kappa shape index (κ3) is 2.79. The van der Waals surface area contributed by atoms with Crippen molar-refractivity contribution in [3.63, 3.8) is 0 Å². The minimum atomic E-state index is 0.590. The van der Waals surface area contributed by atoms with Crippen LogP contribution >= 0.6 is 0 Å². The molecule has 0 saturated carbocycles. The molecule has 2 rings (SSSR count). The minimum absolute atomic E-state index is 0.590. The van der Waals surface area contributed by atoms with E-state index in [1.54, 1.807) is 0 Å². The van der Waals surface area contributed by atoms with Crippen LogP contribution in [0.2, 0.25) is 0 Å². The molecular formula is C14H23N3. The van der Waals surface area contributed by atoms with Crippen LogP contribution in [0.3, 0.4) is 0 Å². The average molecular weight is 233 g/mol. The van der Waals surface area contributed by atoms with E-state index in [1.165, 1.54) is 11.3 Å². The van der Waals surface area contributed by atoms with E-state index in [9.17, 15) is 0 Å². The van der Waals surface area contributed by atoms with Gasteiger partial charge in [-0.1, -0.05) is 18.2 Å². The quantitative estimate of drug-likeness (QED) is 0.858. The van der Waals surface area contributed by atoms with E-state index in [4.69, 9.17) is 5.73 Å². The lowest BCUT2D eigenvalue weighted by Crippen LogP contribution is -2.53. The average Bonchev–Trinajstić information content (AvgIpc) is 2.33. The first-order chi connectivity index (χ1) is 8.22. The summed E-state index contributed by atoms with van der Waals surface area (Å²) >= 11 is 0. The molecule has 17 heavy (non-hydrogen) atoms. The lowest BCUT2D eigenvalue weighted by atomic mass is 10.1. The van der Waals surface area contributed by atoms with E-state index in [0.717, 1.165) is 32.7 Å². The summed E-state index contributed by atoms with van der Waals surface area (Å²) in [5, 5.41) is 0. The van der Waals surface area contributed by atoms with Gasteiger partial charge in [0.15, 0.2) is 0 Å². The van der Waals surface area contributed by atoms with Crippen molar-refractivity contribution < 1.29 is 0 Å². The number of nitrogens with zero attached hydrogens (tertiary/aromatic N) is 2. The number of para-hydroxylation sites is 1. The summed E-state index contributed by atoms with van der Waals surface area (Å²) in [7, 11) is 0. The van der Waals surface area contributed by atoms with Gasteiger partial charge in [0.2, 0.25) is 0 Å². The highest BCUT2D eigenvalue weighted by Crippen LogP contribution is 2.22. The van der Waals surface area contributed by atoms with E-state index in [1.807, 2.05) is 0 Å². The Morgan fingerprint density at radius 1 is 1.29 bits per heavy atom. The van der Waals surface area contributed by atoms with Gasteiger partial charge in [-0.25, -0.2) is 0 Å². The number of rotatable bonds is 3. The Bertz CT molecular complexity index is 364. The first kappa shape index (κ1) is 12.4. The number of hydrogen-bond acceptors (Lipinski definition) is 3. The fourth-order valence-electron chi connectivity index (χ4n) is 2.63. The summed E-state index contributed by atoms with van der Waals surface area (Å²) in [5.74, 6) is 0. The van der Waals surface area contributed by atoms with Crippen molar-refractivity contribution in [1.29, 1.82) is 0 Å². The SMILES string of the molecule is Cc1ccccc1N1CCN(CCN)C(C)C1. The predicted molar refractivity (Wildman–Crippen MR) is 73.5 cm³/mol. The van der Waals surface area contributed by atoms with Gasteiger partial charge in [-0.05, 0) is 25.5 Å². The van der Waals surface area contributed by atoms with Crippen LogP contribution in [0.25, 0.3) is 0 Å². The van der Waals surface area contributed by atoms with Gasteiger partial charge in [-0.15, -0.1) is 0 Å². The molecule has 0 radical (unpaired) electrons. The number of anilines is 1. The summed E-state index contributed by atoms with van der Waals surface area (Å²) in [4.78, 5) is 4.97. The summed E-state index contributed by atoms with van der Waals surface area (Å²) in [6, 6.07) is 9.23. The fourth-order valence-corrected chi connectivity index (χ4v) is 2.63. The molecule has 1 unspecified atom stereocenters. The maximum Gasteiger partial charge on any atom is 0.0396 e. The predicted octanol–water partition coefficient (Wildman–Crippen LogP) is 1.46. The number of benzene rings is 1. The first-order valence-corrected chi connectivity index (χ1v) is 6.47. The normalized spacial score (nSPS) is 21.8. The molecule has 0 bridgehead atoms. The van der Waals surface area contributed by atoms with Gasteiger partial charge >= 0.3 is 0 Å². The number of nitrogens with two attached hydrogens (primary N) is 1. The van der Waals surface area contributed by atoms with Gasteiger partial charge in [0, 0.05) is 44.5 Å². The molecule has 0 aliphatic carbocycles. The molecule has 1 saturated heterocycles. The molecule has 1 heterocycles. The highest BCUT2D eigenvalue weighted by atomic mass is 15.3. The number of aryl methyl sites for hydroxylation is 1. The van der Waals surface area contributed by atoms with Crippen LogP contribution in [0.1, 0.15) is 12.5 Å². The largest absolute Gasteiger partial charge is 0.368 e. The molecule has 1 aliphatic heterocycles. The van der Waals surface area contributed by atoms with Crippen LogP contribution in [-0.2, 0) is 0 Å². The highest BCUT2D eigenvalue weighted by Gasteiger charge is 2.23. The maximum absolute atomic E-state index is 5.64. The molecule has 1 aliphatic rings. The van der Waals surface area contributed by atoms with E-state index in [2.05, 4.69) is 47.9 Å². The van der Waals surface area contributed by atoms with Crippen LogP contribution < -0.4 is 10.6 Å². The van der Waals surface area contributed by atoms with Crippen LogP contribution in [0.5, 0.6) is 0 Å². The molecule has 1 atom stereocenters. The zero-order valence-electron chi connectivity index (χ0n) is 10.9. The smallest absolute Gasteiger partial charge is 0.0396 e. The van der Waals surface area contributed by atoms with Crippen LogP contribution in [0.15, 0.2) is 24.3 Å². The lowest BCUT2D eigenvalue weighted by molar-refractivity contribution is 0.195. The Labute approximate surface area is 104 Å². The van der Waals surface area contributed by atoms with Crippen molar-refractivity contribution in [1.82, 2.24) is 4.90 Å². The summed E-state index contributed by atoms with van der Waals surface area (Å²) in [6.07, 6.45) is 0. The van der Waals surface area contributed by atoms with Gasteiger partial charge in [-0.2, -0.15) is 0 Å². The van der Waals surface area contributed by atoms with Gasteiger partial charge in [0.05, 0.1) is 0 Å². The standard InChI is InChI=1S/C14H23N3/c1-12-5-3-4-6-14(12)17-10-9-16(8-7-15)13(2)11-17/h3-6,13H,7-11,15H2,1-2H3. The summed E-state index contributed by atoms with van der Waals surface area (Å²) in [5.41, 5.74) is 8.39. The molecule has 94 valence electrons. The second-order valence-corrected chi connectivity index (χ2v) is 4.91. The fraction of sp³-hybridized carbons (Fsp3) is 0.571. The van der Waals surface area contributed by atoms with Crippen molar-refractivity contribution in [2.24, 2.45) is 5.73 Å². The van der Waals surface area contributed by atoms with Gasteiger partial charge < -0.3 is 10.6 Å². The third-order valence-electron chi connectivity index (χ3n) is 3.64. The molecule has 1 fully saturated rings. The molecule has 3 nitrogen and oxygen atoms in total. The molecular weight excluding hydrogens is 210 g/mol. The second kappa shape index (κ2) is 5.52. The molecule has 0 amide bonds. The second-order valence-electron chi connectivity index (χ2n) is 4.91. The van der Waals surface area contributed by atoms with Crippen molar-refractivity contribution in [3.05, 3.63) is 29.8 Å². The van der Waals surface area contributed by atoms with Crippen molar-refractivity contribution in [3.8, 4) is 0 Å². The Morgan fingerprint density at radius 2 is 2.06 bits per heavy atom. The number of hydrogen-bond donors (Lipinski definition) is 1. The molecule has 2 N–H and O–H groups in total. The molecule has 1 aromatic rings. The van der Waals surface area contributed by atoms with E-state index >= 15 is 0 Å². The maximum atomic E-state index is 5.64. The van der Waals surface area contributed by atoms with Crippen LogP contribution in [0.4, 0.5) is 5.69 Å². The topological polar surface area (TPSA) is 32.5 Å². The molecule has 0 aromatic heterocycles. The van der Waals surface area contributed by atoms with Crippen molar-refractivity contribution >= 4 is 5.69 Å². The van der Waals surface area contributed by atoms with E-state index < -0.39 is 0 Å². The van der Waals surface area contributed by atoms with Crippen molar-refractivity contribution in [2.45, 2.75) is 19.9 Å². The zero-order chi connectivity index (χ0) is 12.3. The third-order valence-corrected chi connectivity index (χ3v) is 3.64. The Hall–Kier alpha value is -1.06. The van der Waals surface area contributed by atoms with Gasteiger partial charge in [0.1, 0.15) is 0 Å². The van der Waals surface area contributed by atoms with Gasteiger partial charge in [-0.3, -0.25) is 4.90 Å². The molecule has 0 spiro atoms. The summed E-state index contributed by atoms with van der Waals surface area (Å²) in [6.45, 7) is 9.58. The van der Waals surface area contributed by atoms with E-state index in [-0.39, 0.29) is 0 Å².